The van der Waals surface area contributed by atoms with Gasteiger partial charge in [-0.3, -0.25) is 9.20 Å². The van der Waals surface area contributed by atoms with Crippen LogP contribution in [0.4, 0.5) is 5.69 Å². The van der Waals surface area contributed by atoms with Crippen molar-refractivity contribution < 1.29 is 4.79 Å². The number of hydrogen-bond donors (Lipinski definition) is 1. The van der Waals surface area contributed by atoms with E-state index in [0.29, 0.717) is 5.16 Å². The van der Waals surface area contributed by atoms with E-state index in [1.165, 1.54) is 11.8 Å². The molecule has 0 radical (unpaired) electrons. The Morgan fingerprint density at radius 2 is 2.14 bits per heavy atom. The molecule has 3 aromatic rings. The van der Waals surface area contributed by atoms with Crippen LogP contribution in [0.25, 0.3) is 5.65 Å². The minimum absolute atomic E-state index is 0.0734. The average molecular weight is 377 g/mol. The van der Waals surface area contributed by atoms with E-state index in [1.807, 2.05) is 60.0 Å². The summed E-state index contributed by atoms with van der Waals surface area (Å²) >= 11 is 4.76. The van der Waals surface area contributed by atoms with Crippen LogP contribution in [0.2, 0.25) is 0 Å². The molecule has 2 aromatic heterocycles. The lowest BCUT2D eigenvalue weighted by atomic mass is 10.3. The number of rotatable bonds is 4. The van der Waals surface area contributed by atoms with Crippen molar-refractivity contribution >= 4 is 44.9 Å². The number of hydrogen-bond acceptors (Lipinski definition) is 4. The smallest absolute Gasteiger partial charge is 0.237 e. The van der Waals surface area contributed by atoms with Gasteiger partial charge >= 0.3 is 0 Å². The van der Waals surface area contributed by atoms with Crippen molar-refractivity contribution in [1.82, 2.24) is 14.6 Å². The van der Waals surface area contributed by atoms with E-state index >= 15 is 0 Å². The Hall–Kier alpha value is -1.86. The largest absolute Gasteiger partial charge is 0.325 e. The van der Waals surface area contributed by atoms with Crippen LogP contribution in [0.15, 0.2) is 58.3 Å². The van der Waals surface area contributed by atoms with Crippen molar-refractivity contribution in [3.63, 3.8) is 0 Å². The lowest BCUT2D eigenvalue weighted by molar-refractivity contribution is -0.115. The summed E-state index contributed by atoms with van der Waals surface area (Å²) in [5.74, 6) is -0.0734. The van der Waals surface area contributed by atoms with E-state index in [1.54, 1.807) is 0 Å². The molecule has 0 aliphatic rings. The van der Waals surface area contributed by atoms with Crippen molar-refractivity contribution in [3.05, 3.63) is 53.1 Å². The molecule has 1 atom stereocenters. The highest BCUT2D eigenvalue weighted by atomic mass is 79.9. The minimum Gasteiger partial charge on any atom is -0.325 e. The molecule has 5 nitrogen and oxygen atoms in total. The van der Waals surface area contributed by atoms with Crippen LogP contribution >= 0.6 is 27.7 Å². The molecule has 1 amide bonds. The fraction of sp³-hybridized carbons (Fsp3) is 0.133. The number of pyridine rings is 1. The lowest BCUT2D eigenvalue weighted by Gasteiger charge is -2.11. The molecule has 1 N–H and O–H groups in total. The van der Waals surface area contributed by atoms with Gasteiger partial charge in [0.1, 0.15) is 0 Å². The summed E-state index contributed by atoms with van der Waals surface area (Å²) in [6.07, 6.45) is 1.89. The number of nitrogens with zero attached hydrogens (tertiary/aromatic N) is 3. The fourth-order valence-electron chi connectivity index (χ4n) is 1.92. The van der Waals surface area contributed by atoms with Crippen LogP contribution in [0, 0.1) is 0 Å². The van der Waals surface area contributed by atoms with Crippen LogP contribution in [0.3, 0.4) is 0 Å². The van der Waals surface area contributed by atoms with E-state index in [4.69, 9.17) is 0 Å². The molecule has 22 heavy (non-hydrogen) atoms. The van der Waals surface area contributed by atoms with Crippen LogP contribution in [-0.2, 0) is 4.79 Å². The van der Waals surface area contributed by atoms with Gasteiger partial charge in [-0.2, -0.15) is 0 Å². The molecule has 3 rings (SSSR count). The van der Waals surface area contributed by atoms with E-state index in [9.17, 15) is 4.79 Å². The number of nitrogens with one attached hydrogen (secondary N) is 1. The van der Waals surface area contributed by atoms with Crippen LogP contribution in [-0.4, -0.2) is 25.8 Å². The zero-order valence-corrected chi connectivity index (χ0v) is 14.1. The Morgan fingerprint density at radius 1 is 1.27 bits per heavy atom. The van der Waals surface area contributed by atoms with Crippen molar-refractivity contribution in [2.24, 2.45) is 0 Å². The van der Waals surface area contributed by atoms with Gasteiger partial charge in [-0.05, 0) is 37.3 Å². The quantitative estimate of drug-likeness (QED) is 0.706. The van der Waals surface area contributed by atoms with E-state index < -0.39 is 0 Å². The Morgan fingerprint density at radius 3 is 2.95 bits per heavy atom. The molecule has 112 valence electrons. The Balaban J connectivity index is 1.71. The standard InChI is InChI=1S/C15H13BrN4OS/c1-10(14(21)17-12-6-4-5-11(16)9-12)22-15-19-18-13-7-2-3-8-20(13)15/h2-10H,1H3,(H,17,21)/t10-/m1/s1. The maximum Gasteiger partial charge on any atom is 0.237 e. The molecule has 2 heterocycles. The van der Waals surface area contributed by atoms with E-state index in [0.717, 1.165) is 15.8 Å². The summed E-state index contributed by atoms with van der Waals surface area (Å²) in [4.78, 5) is 12.3. The van der Waals surface area contributed by atoms with Crippen LogP contribution in [0.5, 0.6) is 0 Å². The molecule has 1 aromatic carbocycles. The molecule has 7 heteroatoms. The van der Waals surface area contributed by atoms with Gasteiger partial charge in [-0.25, -0.2) is 0 Å². The number of aromatic nitrogens is 3. The molecule has 0 saturated carbocycles. The first kappa shape index (κ1) is 15.1. The van der Waals surface area contributed by atoms with Gasteiger partial charge in [-0.15, -0.1) is 10.2 Å². The molecule has 0 unspecified atom stereocenters. The second kappa shape index (κ2) is 6.50. The first-order valence-electron chi connectivity index (χ1n) is 6.66. The second-order valence-corrected chi connectivity index (χ2v) is 6.89. The van der Waals surface area contributed by atoms with Gasteiger partial charge in [0.25, 0.3) is 0 Å². The van der Waals surface area contributed by atoms with Gasteiger partial charge in [0.05, 0.1) is 5.25 Å². The highest BCUT2D eigenvalue weighted by molar-refractivity contribution is 9.10. The number of benzene rings is 1. The second-order valence-electron chi connectivity index (χ2n) is 4.67. The normalized spacial score (nSPS) is 12.3. The van der Waals surface area contributed by atoms with Crippen molar-refractivity contribution in [2.45, 2.75) is 17.3 Å². The average Bonchev–Trinajstić information content (AvgIpc) is 2.90. The summed E-state index contributed by atoms with van der Waals surface area (Å²) in [6, 6.07) is 13.2. The van der Waals surface area contributed by atoms with Crippen molar-refractivity contribution in [2.75, 3.05) is 5.32 Å². The van der Waals surface area contributed by atoms with Crippen LogP contribution < -0.4 is 5.32 Å². The maximum absolute atomic E-state index is 12.3. The molecule has 0 bridgehead atoms. The van der Waals surface area contributed by atoms with Crippen LogP contribution in [0.1, 0.15) is 6.92 Å². The summed E-state index contributed by atoms with van der Waals surface area (Å²) in [5, 5.41) is 11.5. The third-order valence-corrected chi connectivity index (χ3v) is 4.58. The van der Waals surface area contributed by atoms with Crippen molar-refractivity contribution in [1.29, 1.82) is 0 Å². The predicted octanol–water partition coefficient (Wildman–Crippen LogP) is 3.61. The highest BCUT2D eigenvalue weighted by Gasteiger charge is 2.18. The third kappa shape index (κ3) is 3.31. The fourth-order valence-corrected chi connectivity index (χ4v) is 3.16. The van der Waals surface area contributed by atoms with Gasteiger partial charge in [-0.1, -0.05) is 39.8 Å². The third-order valence-electron chi connectivity index (χ3n) is 3.03. The summed E-state index contributed by atoms with van der Waals surface area (Å²) in [7, 11) is 0. The molecular weight excluding hydrogens is 364 g/mol. The summed E-state index contributed by atoms with van der Waals surface area (Å²) in [6.45, 7) is 1.85. The number of amides is 1. The first-order valence-corrected chi connectivity index (χ1v) is 8.33. The van der Waals surface area contributed by atoms with Gasteiger partial charge < -0.3 is 5.32 Å². The van der Waals surface area contributed by atoms with Gasteiger partial charge in [0, 0.05) is 16.4 Å². The van der Waals surface area contributed by atoms with Crippen molar-refractivity contribution in [3.8, 4) is 0 Å². The molecule has 0 spiro atoms. The van der Waals surface area contributed by atoms with E-state index in [2.05, 4.69) is 31.4 Å². The zero-order valence-electron chi connectivity index (χ0n) is 11.7. The Kier molecular flexibility index (Phi) is 4.44. The molecule has 0 saturated heterocycles. The number of fused-ring (bicyclic) bond motifs is 1. The topological polar surface area (TPSA) is 59.3 Å². The number of anilines is 1. The Bertz CT molecular complexity index is 820. The predicted molar refractivity (Wildman–Crippen MR) is 91.1 cm³/mol. The summed E-state index contributed by atoms with van der Waals surface area (Å²) in [5.41, 5.74) is 1.53. The zero-order chi connectivity index (χ0) is 15.5. The number of halogens is 1. The van der Waals surface area contributed by atoms with Gasteiger partial charge in [0.15, 0.2) is 10.8 Å². The molecule has 0 aliphatic heterocycles. The number of thioether (sulfide) groups is 1. The number of carbonyl (C=O) groups excluding carboxylic acids is 1. The molecule has 0 aliphatic carbocycles. The minimum atomic E-state index is -0.286. The maximum atomic E-state index is 12.3. The van der Waals surface area contributed by atoms with Gasteiger partial charge in [0.2, 0.25) is 5.91 Å². The summed E-state index contributed by atoms with van der Waals surface area (Å²) < 4.78 is 2.79. The number of carbonyl (C=O) groups is 1. The Labute approximate surface area is 140 Å². The monoisotopic (exact) mass is 376 g/mol. The SMILES string of the molecule is C[C@@H](Sc1nnc2ccccn12)C(=O)Nc1cccc(Br)c1. The molecular formula is C15H13BrN4OS. The lowest BCUT2D eigenvalue weighted by Crippen LogP contribution is -2.22. The highest BCUT2D eigenvalue weighted by Crippen LogP contribution is 2.23. The molecule has 0 fully saturated rings. The van der Waals surface area contributed by atoms with E-state index in [-0.39, 0.29) is 11.2 Å². The first-order chi connectivity index (χ1) is 10.6.